The zero-order valence-corrected chi connectivity index (χ0v) is 12.7. The third kappa shape index (κ3) is 4.14. The van der Waals surface area contributed by atoms with Crippen LogP contribution in [0.4, 0.5) is 5.69 Å². The predicted octanol–water partition coefficient (Wildman–Crippen LogP) is 3.86. The molecule has 112 valence electrons. The van der Waals surface area contributed by atoms with Gasteiger partial charge in [0.05, 0.1) is 17.3 Å². The van der Waals surface area contributed by atoms with Gasteiger partial charge in [-0.15, -0.1) is 0 Å². The van der Waals surface area contributed by atoms with Crippen LogP contribution in [0.15, 0.2) is 34.7 Å². The van der Waals surface area contributed by atoms with Gasteiger partial charge in [0.25, 0.3) is 5.91 Å². The lowest BCUT2D eigenvalue weighted by molar-refractivity contribution is 0.0996. The molecule has 0 fully saturated rings. The number of methoxy groups -OCH3 is 1. The van der Waals surface area contributed by atoms with Crippen LogP contribution in [-0.4, -0.2) is 26.2 Å². The van der Waals surface area contributed by atoms with Crippen LogP contribution in [0.3, 0.4) is 0 Å². The van der Waals surface area contributed by atoms with Crippen LogP contribution in [0.1, 0.15) is 10.6 Å². The van der Waals surface area contributed by atoms with Gasteiger partial charge in [-0.2, -0.15) is 0 Å². The van der Waals surface area contributed by atoms with Crippen LogP contribution in [0.25, 0.3) is 0 Å². The van der Waals surface area contributed by atoms with Crippen molar-refractivity contribution in [3.05, 3.63) is 46.3 Å². The van der Waals surface area contributed by atoms with Gasteiger partial charge in [-0.05, 0) is 35.9 Å². The van der Waals surface area contributed by atoms with Gasteiger partial charge in [0.15, 0.2) is 16.7 Å². The van der Waals surface area contributed by atoms with Crippen LogP contribution >= 0.6 is 23.2 Å². The summed E-state index contributed by atoms with van der Waals surface area (Å²) in [4.78, 5) is 12.0. The van der Waals surface area contributed by atoms with E-state index in [9.17, 15) is 4.79 Å². The fourth-order valence-corrected chi connectivity index (χ4v) is 1.98. The average molecular weight is 330 g/mol. The van der Waals surface area contributed by atoms with Crippen molar-refractivity contribution in [2.24, 2.45) is 0 Å². The van der Waals surface area contributed by atoms with E-state index in [2.05, 4.69) is 5.32 Å². The molecule has 2 aromatic rings. The molecule has 0 atom stereocenters. The summed E-state index contributed by atoms with van der Waals surface area (Å²) in [6.45, 7) is 0.724. The molecule has 0 aliphatic rings. The number of hydrogen-bond acceptors (Lipinski definition) is 4. The Morgan fingerprint density at radius 2 is 2.05 bits per heavy atom. The highest BCUT2D eigenvalue weighted by molar-refractivity contribution is 6.32. The first-order chi connectivity index (χ1) is 10.1. The number of rotatable bonds is 6. The van der Waals surface area contributed by atoms with Crippen molar-refractivity contribution in [3.63, 3.8) is 0 Å². The fourth-order valence-electron chi connectivity index (χ4n) is 1.60. The topological polar surface area (TPSA) is 60.7 Å². The summed E-state index contributed by atoms with van der Waals surface area (Å²) in [5.74, 6) is 0.0331. The molecule has 0 spiro atoms. The Kier molecular flexibility index (Phi) is 5.50. The predicted molar refractivity (Wildman–Crippen MR) is 80.5 cm³/mol. The highest BCUT2D eigenvalue weighted by Gasteiger charge is 2.15. The number of furan rings is 1. The molecule has 0 aliphatic heterocycles. The number of carbonyl (C=O) groups is 1. The number of hydrogen-bond donors (Lipinski definition) is 1. The number of carbonyl (C=O) groups excluding carboxylic acids is 1. The van der Waals surface area contributed by atoms with Crippen LogP contribution in [0, 0.1) is 0 Å². The van der Waals surface area contributed by atoms with E-state index in [1.54, 1.807) is 25.3 Å². The lowest BCUT2D eigenvalue weighted by Gasteiger charge is -2.13. The van der Waals surface area contributed by atoms with Gasteiger partial charge < -0.3 is 19.2 Å². The molecule has 1 N–H and O–H groups in total. The molecule has 7 heteroatoms. The summed E-state index contributed by atoms with van der Waals surface area (Å²) in [5, 5.41) is 3.20. The van der Waals surface area contributed by atoms with Gasteiger partial charge in [-0.25, -0.2) is 0 Å². The van der Waals surface area contributed by atoms with E-state index >= 15 is 0 Å². The second kappa shape index (κ2) is 7.36. The molecule has 2 rings (SSSR count). The van der Waals surface area contributed by atoms with Crippen molar-refractivity contribution in [2.75, 3.05) is 25.6 Å². The summed E-state index contributed by atoms with van der Waals surface area (Å²) < 4.78 is 15.5. The molecule has 1 amide bonds. The SMILES string of the molecule is COCCOc1c(Cl)cccc1NC(=O)c1ccc(Cl)o1. The van der Waals surface area contributed by atoms with Crippen molar-refractivity contribution in [3.8, 4) is 5.75 Å². The highest BCUT2D eigenvalue weighted by atomic mass is 35.5. The minimum atomic E-state index is -0.444. The van der Waals surface area contributed by atoms with Crippen molar-refractivity contribution in [1.82, 2.24) is 0 Å². The van der Waals surface area contributed by atoms with Gasteiger partial charge in [0.1, 0.15) is 6.61 Å². The molecule has 1 heterocycles. The summed E-state index contributed by atoms with van der Waals surface area (Å²) in [6.07, 6.45) is 0. The van der Waals surface area contributed by atoms with Gasteiger partial charge in [-0.3, -0.25) is 4.79 Å². The second-order valence-electron chi connectivity index (χ2n) is 4.02. The third-order valence-electron chi connectivity index (χ3n) is 2.55. The largest absolute Gasteiger partial charge is 0.487 e. The molecule has 0 saturated carbocycles. The molecule has 1 aromatic carbocycles. The zero-order chi connectivity index (χ0) is 15.2. The minimum Gasteiger partial charge on any atom is -0.487 e. The number of amides is 1. The maximum atomic E-state index is 12.0. The first kappa shape index (κ1) is 15.7. The Morgan fingerprint density at radius 3 is 2.71 bits per heavy atom. The zero-order valence-electron chi connectivity index (χ0n) is 11.2. The molecular weight excluding hydrogens is 317 g/mol. The van der Waals surface area contributed by atoms with Gasteiger partial charge in [0, 0.05) is 7.11 Å². The first-order valence-corrected chi connectivity index (χ1v) is 6.84. The highest BCUT2D eigenvalue weighted by Crippen LogP contribution is 2.33. The monoisotopic (exact) mass is 329 g/mol. The van der Waals surface area contributed by atoms with Gasteiger partial charge in [-0.1, -0.05) is 17.7 Å². The van der Waals surface area contributed by atoms with Crippen LogP contribution in [0.2, 0.25) is 10.2 Å². The first-order valence-electron chi connectivity index (χ1n) is 6.08. The van der Waals surface area contributed by atoms with Gasteiger partial charge in [0.2, 0.25) is 0 Å². The lowest BCUT2D eigenvalue weighted by atomic mass is 10.2. The van der Waals surface area contributed by atoms with E-state index in [-0.39, 0.29) is 11.0 Å². The molecule has 1 aromatic heterocycles. The standard InChI is InChI=1S/C14H13Cl2NO4/c1-19-7-8-20-13-9(15)3-2-4-10(13)17-14(18)11-5-6-12(16)21-11/h2-6H,7-8H2,1H3,(H,17,18). The average Bonchev–Trinajstić information content (AvgIpc) is 2.89. The Hall–Kier alpha value is -1.69. The van der Waals surface area contributed by atoms with E-state index in [1.807, 2.05) is 0 Å². The smallest absolute Gasteiger partial charge is 0.291 e. The van der Waals surface area contributed by atoms with E-state index in [0.717, 1.165) is 0 Å². The van der Waals surface area contributed by atoms with Gasteiger partial charge >= 0.3 is 0 Å². The summed E-state index contributed by atoms with van der Waals surface area (Å²) in [6, 6.07) is 8.02. The number of para-hydroxylation sites is 1. The number of halogens is 2. The fraction of sp³-hybridized carbons (Fsp3) is 0.214. The van der Waals surface area contributed by atoms with E-state index in [0.29, 0.717) is 29.7 Å². The second-order valence-corrected chi connectivity index (χ2v) is 4.80. The number of nitrogens with one attached hydrogen (secondary N) is 1. The molecule has 5 nitrogen and oxygen atoms in total. The Morgan fingerprint density at radius 1 is 1.24 bits per heavy atom. The maximum Gasteiger partial charge on any atom is 0.291 e. The maximum absolute atomic E-state index is 12.0. The lowest BCUT2D eigenvalue weighted by Crippen LogP contribution is -2.13. The summed E-state index contributed by atoms with van der Waals surface area (Å²) in [5.41, 5.74) is 0.441. The number of benzene rings is 1. The Labute approximate surface area is 131 Å². The molecule has 0 radical (unpaired) electrons. The molecule has 0 unspecified atom stereocenters. The quantitative estimate of drug-likeness (QED) is 0.817. The summed E-state index contributed by atoms with van der Waals surface area (Å²) >= 11 is 11.7. The van der Waals surface area contributed by atoms with Crippen molar-refractivity contribution in [1.29, 1.82) is 0 Å². The Balaban J connectivity index is 2.15. The number of anilines is 1. The molecule has 0 aliphatic carbocycles. The Bertz CT molecular complexity index is 627. The van der Waals surface area contributed by atoms with Crippen molar-refractivity contribution < 1.29 is 18.7 Å². The van der Waals surface area contributed by atoms with Crippen LogP contribution in [0.5, 0.6) is 5.75 Å². The molecule has 0 bridgehead atoms. The number of ether oxygens (including phenoxy) is 2. The van der Waals surface area contributed by atoms with Crippen molar-refractivity contribution in [2.45, 2.75) is 0 Å². The molecular formula is C14H13Cl2NO4. The normalized spacial score (nSPS) is 10.4. The van der Waals surface area contributed by atoms with Crippen LogP contribution < -0.4 is 10.1 Å². The van der Waals surface area contributed by atoms with E-state index in [4.69, 9.17) is 37.1 Å². The summed E-state index contributed by atoms with van der Waals surface area (Å²) in [7, 11) is 1.57. The molecule has 21 heavy (non-hydrogen) atoms. The van der Waals surface area contributed by atoms with Crippen LogP contribution in [-0.2, 0) is 4.74 Å². The molecule has 0 saturated heterocycles. The van der Waals surface area contributed by atoms with E-state index < -0.39 is 5.91 Å². The van der Waals surface area contributed by atoms with E-state index in [1.165, 1.54) is 12.1 Å². The third-order valence-corrected chi connectivity index (χ3v) is 3.05. The minimum absolute atomic E-state index is 0.0998. The van der Waals surface area contributed by atoms with Crippen molar-refractivity contribution >= 4 is 34.8 Å².